The lowest BCUT2D eigenvalue weighted by Gasteiger charge is -2.13. The molecule has 134 valence electrons. The van der Waals surface area contributed by atoms with Crippen LogP contribution in [0.2, 0.25) is 0 Å². The predicted molar refractivity (Wildman–Crippen MR) is 70.9 cm³/mol. The fourth-order valence-electron chi connectivity index (χ4n) is 1.69. The number of sulfonamides is 1. The van der Waals surface area contributed by atoms with Crippen molar-refractivity contribution in [1.82, 2.24) is 4.83 Å². The predicted octanol–water partition coefficient (Wildman–Crippen LogP) is 1.05. The van der Waals surface area contributed by atoms with Crippen molar-refractivity contribution in [1.29, 1.82) is 0 Å². The van der Waals surface area contributed by atoms with Gasteiger partial charge in [-0.2, -0.15) is 0 Å². The van der Waals surface area contributed by atoms with Crippen molar-refractivity contribution in [3.63, 3.8) is 0 Å². The molecule has 0 atom stereocenters. The number of hydrazine groups is 1. The summed E-state index contributed by atoms with van der Waals surface area (Å²) in [5, 5.41) is 10.7. The van der Waals surface area contributed by atoms with Crippen LogP contribution in [0, 0.1) is 29.1 Å². The fourth-order valence-corrected chi connectivity index (χ4v) is 2.56. The molecule has 2 N–H and O–H groups in total. The molecule has 0 radical (unpaired) electrons. The molecule has 2 aromatic carbocycles. The number of benzene rings is 2. The Hall–Kier alpha value is -2.73. The summed E-state index contributed by atoms with van der Waals surface area (Å²) in [4.78, 5) is 11.2. The highest BCUT2D eigenvalue weighted by molar-refractivity contribution is 7.89. The molecule has 0 aliphatic carbocycles. The lowest BCUT2D eigenvalue weighted by molar-refractivity contribution is -0.255. The van der Waals surface area contributed by atoms with Gasteiger partial charge in [-0.05, 0) is 18.2 Å². The Balaban J connectivity index is 2.36. The number of anilines is 1. The van der Waals surface area contributed by atoms with Crippen LogP contribution in [-0.2, 0) is 10.0 Å². The molecule has 6 nitrogen and oxygen atoms in total. The van der Waals surface area contributed by atoms with E-state index >= 15 is 0 Å². The van der Waals surface area contributed by atoms with E-state index in [0.717, 1.165) is 0 Å². The zero-order valence-corrected chi connectivity index (χ0v) is 12.6. The maximum Gasteiger partial charge on any atom is 0.257 e. The lowest BCUT2D eigenvalue weighted by atomic mass is 10.2. The van der Waals surface area contributed by atoms with Crippen molar-refractivity contribution < 1.29 is 40.3 Å². The summed E-state index contributed by atoms with van der Waals surface area (Å²) in [7, 11) is -4.69. The Morgan fingerprint density at radius 1 is 0.920 bits per heavy atom. The Kier molecular flexibility index (Phi) is 4.94. The average molecular weight is 381 g/mol. The number of carbonyl (C=O) groups excluding carboxylic acids is 1. The molecule has 2 aromatic rings. The average Bonchev–Trinajstić information content (AvgIpc) is 2.53. The van der Waals surface area contributed by atoms with E-state index in [2.05, 4.69) is 0 Å². The second-order valence-corrected chi connectivity index (χ2v) is 6.19. The second-order valence-electron chi connectivity index (χ2n) is 4.50. The molecule has 0 aliphatic heterocycles. The van der Waals surface area contributed by atoms with Crippen molar-refractivity contribution in [3.05, 3.63) is 58.9 Å². The molecule has 0 saturated carbocycles. The summed E-state index contributed by atoms with van der Waals surface area (Å²) in [6, 6.07) is 1.44. The molecule has 2 rings (SSSR count). The minimum absolute atomic E-state index is 0.0868. The summed E-state index contributed by atoms with van der Waals surface area (Å²) in [6.07, 6.45) is 0. The van der Waals surface area contributed by atoms with Gasteiger partial charge >= 0.3 is 0 Å². The summed E-state index contributed by atoms with van der Waals surface area (Å²) in [5.41, 5.74) is -1.12. The number of hydrogen-bond donors (Lipinski definition) is 2. The summed E-state index contributed by atoms with van der Waals surface area (Å²) in [6.45, 7) is 0. The van der Waals surface area contributed by atoms with Crippen LogP contribution in [0.15, 0.2) is 29.2 Å². The monoisotopic (exact) mass is 381 g/mol. The third-order valence-corrected chi connectivity index (χ3v) is 4.14. The van der Waals surface area contributed by atoms with Crippen LogP contribution in [-0.4, -0.2) is 14.4 Å². The van der Waals surface area contributed by atoms with E-state index in [9.17, 15) is 40.3 Å². The summed E-state index contributed by atoms with van der Waals surface area (Å²) < 4.78 is 90.0. The maximum absolute atomic E-state index is 13.4. The van der Waals surface area contributed by atoms with Gasteiger partial charge in [0, 0.05) is 11.6 Å². The van der Waals surface area contributed by atoms with Crippen molar-refractivity contribution in [3.8, 4) is 0 Å². The number of carboxylic acid groups (broad SMARTS) is 1. The van der Waals surface area contributed by atoms with Crippen LogP contribution in [0.25, 0.3) is 0 Å². The molecule has 0 heterocycles. The van der Waals surface area contributed by atoms with Crippen molar-refractivity contribution in [2.75, 3.05) is 5.43 Å². The first-order chi connectivity index (χ1) is 11.5. The van der Waals surface area contributed by atoms with Gasteiger partial charge < -0.3 is 15.3 Å². The maximum atomic E-state index is 13.4. The summed E-state index contributed by atoms with van der Waals surface area (Å²) >= 11 is 0. The molecule has 25 heavy (non-hydrogen) atoms. The van der Waals surface area contributed by atoms with Crippen LogP contribution in [0.4, 0.5) is 27.6 Å². The van der Waals surface area contributed by atoms with E-state index in [1.54, 1.807) is 0 Å². The van der Waals surface area contributed by atoms with E-state index in [0.29, 0.717) is 18.2 Å². The lowest BCUT2D eigenvalue weighted by Crippen LogP contribution is -2.31. The molecule has 0 aliphatic rings. The molecule has 0 unspecified atom stereocenters. The molecule has 0 spiro atoms. The zero-order chi connectivity index (χ0) is 18.9. The molecule has 0 amide bonds. The van der Waals surface area contributed by atoms with Gasteiger partial charge in [0.15, 0.2) is 23.3 Å². The van der Waals surface area contributed by atoms with E-state index < -0.39 is 61.2 Å². The minimum atomic E-state index is -4.69. The number of halogens is 5. The summed E-state index contributed by atoms with van der Waals surface area (Å²) in [5.74, 6) is -10.7. The van der Waals surface area contributed by atoms with Gasteiger partial charge in [0.2, 0.25) is 0 Å². The first-order valence-corrected chi connectivity index (χ1v) is 7.64. The van der Waals surface area contributed by atoms with Crippen molar-refractivity contribution in [2.45, 2.75) is 4.90 Å². The quantitative estimate of drug-likeness (QED) is 0.458. The Morgan fingerprint density at radius 2 is 1.48 bits per heavy atom. The second kappa shape index (κ2) is 6.64. The third kappa shape index (κ3) is 3.69. The van der Waals surface area contributed by atoms with Crippen LogP contribution >= 0.6 is 0 Å². The Bertz CT molecular complexity index is 939. The van der Waals surface area contributed by atoms with E-state index in [4.69, 9.17) is 0 Å². The molecule has 0 fully saturated rings. The van der Waals surface area contributed by atoms with E-state index in [1.807, 2.05) is 0 Å². The number of rotatable bonds is 5. The number of hydrogen-bond acceptors (Lipinski definition) is 5. The van der Waals surface area contributed by atoms with Crippen molar-refractivity contribution in [2.24, 2.45) is 0 Å². The number of nitrogens with one attached hydrogen (secondary N) is 2. The van der Waals surface area contributed by atoms with Gasteiger partial charge in [-0.1, -0.05) is 0 Å². The van der Waals surface area contributed by atoms with Crippen LogP contribution in [0.5, 0.6) is 0 Å². The highest BCUT2D eigenvalue weighted by Gasteiger charge is 2.22. The molecule has 0 bridgehead atoms. The molecule has 0 saturated heterocycles. The first-order valence-electron chi connectivity index (χ1n) is 6.16. The molecule has 0 aromatic heterocycles. The Morgan fingerprint density at radius 3 is 2.00 bits per heavy atom. The van der Waals surface area contributed by atoms with Gasteiger partial charge in [0.25, 0.3) is 10.0 Å². The highest BCUT2D eigenvalue weighted by Crippen LogP contribution is 2.24. The first kappa shape index (κ1) is 18.6. The third-order valence-electron chi connectivity index (χ3n) is 2.89. The number of carboxylic acids is 1. The molecule has 12 heteroatoms. The number of carbonyl (C=O) groups is 1. The van der Waals surface area contributed by atoms with E-state index in [-0.39, 0.29) is 6.07 Å². The molecular formula is C13H6F5N2O4S-. The SMILES string of the molecule is O=C([O-])c1cc(S(=O)(=O)NNc2c(F)c(F)cc(F)c2F)ccc1F. The van der Waals surface area contributed by atoms with Gasteiger partial charge in [-0.25, -0.2) is 30.4 Å². The largest absolute Gasteiger partial charge is 0.545 e. The van der Waals surface area contributed by atoms with Gasteiger partial charge in [-0.3, -0.25) is 0 Å². The van der Waals surface area contributed by atoms with Gasteiger partial charge in [-0.15, -0.1) is 4.83 Å². The number of aromatic carboxylic acids is 1. The molecular weight excluding hydrogens is 375 g/mol. The van der Waals surface area contributed by atoms with Crippen LogP contribution in [0.3, 0.4) is 0 Å². The van der Waals surface area contributed by atoms with Crippen molar-refractivity contribution >= 4 is 21.7 Å². The normalized spacial score (nSPS) is 11.4. The Labute approximate surface area is 136 Å². The van der Waals surface area contributed by atoms with E-state index in [1.165, 1.54) is 10.3 Å². The van der Waals surface area contributed by atoms with Crippen LogP contribution in [0.1, 0.15) is 10.4 Å². The zero-order valence-electron chi connectivity index (χ0n) is 11.7. The topological polar surface area (TPSA) is 98.3 Å². The minimum Gasteiger partial charge on any atom is -0.545 e. The highest BCUT2D eigenvalue weighted by atomic mass is 32.2. The van der Waals surface area contributed by atoms with Gasteiger partial charge in [0.05, 0.1) is 10.9 Å². The van der Waals surface area contributed by atoms with Gasteiger partial charge in [0.1, 0.15) is 11.5 Å². The fraction of sp³-hybridized carbons (Fsp3) is 0. The van der Waals surface area contributed by atoms with Crippen LogP contribution < -0.4 is 15.4 Å². The standard InChI is InChI=1S/C13H7F5N2O4S/c14-7-2-1-5(3-6(7)13(21)22)25(23,24)20-19-12-10(17)8(15)4-9(16)11(12)18/h1-4,19-20H,(H,21,22)/p-1. The smallest absolute Gasteiger partial charge is 0.257 e.